The van der Waals surface area contributed by atoms with Gasteiger partial charge in [-0.05, 0) is 37.4 Å². The number of aldehydes is 1. The minimum atomic E-state index is 0.458. The van der Waals surface area contributed by atoms with Crippen LogP contribution in [0.4, 0.5) is 29.0 Å². The second-order valence-corrected chi connectivity index (χ2v) is 9.55. The maximum atomic E-state index is 11.1. The van der Waals surface area contributed by atoms with E-state index in [0.29, 0.717) is 55.1 Å². The number of hydroxylamine groups is 1. The molecule has 13 nitrogen and oxygen atoms in total. The molecule has 4 rings (SSSR count). The average Bonchev–Trinajstić information content (AvgIpc) is 3.05. The number of unbranched alkanes of at least 4 members (excludes halogenated alkanes) is 1. The maximum absolute atomic E-state index is 11.1. The molecule has 0 spiro atoms. The van der Waals surface area contributed by atoms with Gasteiger partial charge in [-0.1, -0.05) is 13.3 Å². The number of hydrogen-bond acceptors (Lipinski definition) is 13. The highest BCUT2D eigenvalue weighted by Crippen LogP contribution is 2.37. The van der Waals surface area contributed by atoms with Crippen LogP contribution in [0, 0.1) is 0 Å². The molecule has 0 aliphatic carbocycles. The lowest BCUT2D eigenvalue weighted by molar-refractivity contribution is 0.112. The molecule has 3 N–H and O–H groups in total. The Morgan fingerprint density at radius 2 is 1.76 bits per heavy atom. The second kappa shape index (κ2) is 16.9. The van der Waals surface area contributed by atoms with Gasteiger partial charge in [0.05, 0.1) is 18.8 Å². The van der Waals surface area contributed by atoms with Crippen molar-refractivity contribution in [2.24, 2.45) is 4.99 Å². The first-order valence-corrected chi connectivity index (χ1v) is 14.0. The third-order valence-corrected chi connectivity index (χ3v) is 6.67. The summed E-state index contributed by atoms with van der Waals surface area (Å²) in [6, 6.07) is 8.05. The third-order valence-electron chi connectivity index (χ3n) is 6.67. The number of ether oxygens (including phenoxy) is 1. The number of hydrogen-bond donors (Lipinski definition) is 3. The molecule has 1 saturated heterocycles. The van der Waals surface area contributed by atoms with Gasteiger partial charge in [-0.2, -0.15) is 0 Å². The van der Waals surface area contributed by atoms with Crippen molar-refractivity contribution < 1.29 is 14.7 Å². The van der Waals surface area contributed by atoms with Gasteiger partial charge >= 0.3 is 0 Å². The fraction of sp³-hybridized carbons (Fsp3) is 0.448. The Balaban J connectivity index is 0.00000155. The largest absolute Gasteiger partial charge is 0.388 e. The summed E-state index contributed by atoms with van der Waals surface area (Å²) in [5.74, 6) is 2.70. The molecule has 0 bridgehead atoms. The number of nitrogens with zero attached hydrogens (tertiary/aromatic N) is 8. The van der Waals surface area contributed by atoms with Crippen LogP contribution in [0.2, 0.25) is 0 Å². The van der Waals surface area contributed by atoms with E-state index in [0.717, 1.165) is 55.8 Å². The van der Waals surface area contributed by atoms with Crippen LogP contribution < -0.4 is 25.5 Å². The summed E-state index contributed by atoms with van der Waals surface area (Å²) in [6.45, 7) is 10.8. The molecule has 1 aliphatic rings. The Morgan fingerprint density at radius 1 is 1.10 bits per heavy atom. The van der Waals surface area contributed by atoms with Crippen molar-refractivity contribution in [3.8, 4) is 11.4 Å². The SMILES string of the molecule is C=Nc1c(N(C)CCN(CCCC)c2ncc(C=O)cn2)nc(-c2ccc(NC)cc2)nc1N1CCOCC1.CNO. The molecular formula is C29H42N10O3. The molecule has 1 fully saturated rings. The molecule has 42 heavy (non-hydrogen) atoms. The minimum absolute atomic E-state index is 0.458. The summed E-state index contributed by atoms with van der Waals surface area (Å²) >= 11 is 0. The Morgan fingerprint density at radius 3 is 2.33 bits per heavy atom. The fourth-order valence-electron chi connectivity index (χ4n) is 4.34. The maximum Gasteiger partial charge on any atom is 0.225 e. The smallest absolute Gasteiger partial charge is 0.225 e. The van der Waals surface area contributed by atoms with Gasteiger partial charge in [0.1, 0.15) is 5.69 Å². The molecule has 226 valence electrons. The predicted octanol–water partition coefficient (Wildman–Crippen LogP) is 3.29. The first kappa shape index (κ1) is 32.3. The normalized spacial score (nSPS) is 12.6. The van der Waals surface area contributed by atoms with Gasteiger partial charge < -0.3 is 30.0 Å². The van der Waals surface area contributed by atoms with Crippen LogP contribution in [0.1, 0.15) is 30.1 Å². The molecule has 0 atom stereocenters. The average molecular weight is 579 g/mol. The van der Waals surface area contributed by atoms with E-state index in [1.165, 1.54) is 7.05 Å². The number of carbonyl (C=O) groups excluding carboxylic acids is 1. The van der Waals surface area contributed by atoms with E-state index in [1.807, 2.05) is 38.4 Å². The molecule has 0 radical (unpaired) electrons. The number of rotatable bonds is 13. The molecule has 0 saturated carbocycles. The zero-order valence-electron chi connectivity index (χ0n) is 25.0. The highest BCUT2D eigenvalue weighted by molar-refractivity contribution is 5.80. The van der Waals surface area contributed by atoms with E-state index in [4.69, 9.17) is 19.9 Å². The van der Waals surface area contributed by atoms with Crippen LogP contribution in [0.15, 0.2) is 41.7 Å². The van der Waals surface area contributed by atoms with Crippen LogP contribution in [0.5, 0.6) is 0 Å². The van der Waals surface area contributed by atoms with Crippen molar-refractivity contribution in [1.29, 1.82) is 0 Å². The number of anilines is 4. The Hall–Kier alpha value is -4.20. The van der Waals surface area contributed by atoms with Crippen LogP contribution in [-0.2, 0) is 4.74 Å². The summed E-state index contributed by atoms with van der Waals surface area (Å²) < 4.78 is 5.58. The van der Waals surface area contributed by atoms with Gasteiger partial charge in [-0.25, -0.2) is 25.4 Å². The number of aromatic nitrogens is 4. The number of nitrogens with one attached hydrogen (secondary N) is 2. The van der Waals surface area contributed by atoms with E-state index in [1.54, 1.807) is 17.9 Å². The van der Waals surface area contributed by atoms with E-state index in [9.17, 15) is 4.79 Å². The molecule has 0 unspecified atom stereocenters. The fourth-order valence-corrected chi connectivity index (χ4v) is 4.34. The minimum Gasteiger partial charge on any atom is -0.388 e. The Kier molecular flexibility index (Phi) is 13.0. The van der Waals surface area contributed by atoms with Gasteiger partial charge in [0, 0.05) is 77.5 Å². The van der Waals surface area contributed by atoms with Crippen molar-refractivity contribution in [1.82, 2.24) is 25.4 Å². The van der Waals surface area contributed by atoms with E-state index in [-0.39, 0.29) is 0 Å². The zero-order valence-corrected chi connectivity index (χ0v) is 25.0. The first-order valence-electron chi connectivity index (χ1n) is 14.0. The molecule has 2 aromatic heterocycles. The number of benzene rings is 1. The third kappa shape index (κ3) is 8.65. The van der Waals surface area contributed by atoms with Crippen LogP contribution in [0.25, 0.3) is 11.4 Å². The standard InChI is InChI=1S/C28H37N9O2.CH5NO/c1-5-6-11-37(28-31-18-21(20-38)19-32-28)13-12-35(4)26-24(30-3)27(36-14-16-39-17-15-36)34-25(33-26)22-7-9-23(29-2)10-8-22;1-2-3/h7-10,18-20,29H,3,5-6,11-17H2,1-2,4H3;2-3H,1H3. The van der Waals surface area contributed by atoms with Crippen molar-refractivity contribution in [2.45, 2.75) is 19.8 Å². The monoisotopic (exact) mass is 578 g/mol. The number of aliphatic imine (C=N–C) groups is 1. The van der Waals surface area contributed by atoms with Crippen molar-refractivity contribution in [2.75, 3.05) is 87.1 Å². The highest BCUT2D eigenvalue weighted by Gasteiger charge is 2.24. The summed E-state index contributed by atoms with van der Waals surface area (Å²) in [4.78, 5) is 40.6. The van der Waals surface area contributed by atoms with Gasteiger partial charge in [-0.15, -0.1) is 0 Å². The number of carbonyl (C=O) groups is 1. The summed E-state index contributed by atoms with van der Waals surface area (Å²) in [6.07, 6.45) is 5.92. The number of morpholine rings is 1. The van der Waals surface area contributed by atoms with Crippen LogP contribution in [0.3, 0.4) is 0 Å². The Bertz CT molecular complexity index is 1250. The topological polar surface area (TPSA) is 144 Å². The zero-order chi connectivity index (χ0) is 30.3. The lowest BCUT2D eigenvalue weighted by Crippen LogP contribution is -2.38. The molecular weight excluding hydrogens is 536 g/mol. The summed E-state index contributed by atoms with van der Waals surface area (Å²) in [7, 11) is 5.33. The lowest BCUT2D eigenvalue weighted by atomic mass is 10.2. The molecule has 0 amide bonds. The van der Waals surface area contributed by atoms with Crippen LogP contribution in [-0.4, -0.2) is 105 Å². The van der Waals surface area contributed by atoms with Gasteiger partial charge in [0.2, 0.25) is 5.95 Å². The molecule has 13 heteroatoms. The van der Waals surface area contributed by atoms with Gasteiger partial charge in [0.25, 0.3) is 0 Å². The summed E-state index contributed by atoms with van der Waals surface area (Å²) in [5, 5.41) is 10.5. The highest BCUT2D eigenvalue weighted by atomic mass is 16.5. The van der Waals surface area contributed by atoms with Crippen molar-refractivity contribution >= 4 is 42.0 Å². The molecule has 1 aromatic carbocycles. The second-order valence-electron chi connectivity index (χ2n) is 9.55. The molecule has 3 heterocycles. The lowest BCUT2D eigenvalue weighted by Gasteiger charge is -2.31. The van der Waals surface area contributed by atoms with Crippen molar-refractivity contribution in [3.63, 3.8) is 0 Å². The Labute approximate surface area is 247 Å². The first-order chi connectivity index (χ1) is 20.5. The van der Waals surface area contributed by atoms with E-state index >= 15 is 0 Å². The number of likely N-dealkylation sites (N-methyl/N-ethyl adjacent to an activating group) is 1. The van der Waals surface area contributed by atoms with Crippen LogP contribution >= 0.6 is 0 Å². The van der Waals surface area contributed by atoms with Gasteiger partial charge in [-0.3, -0.25) is 9.79 Å². The van der Waals surface area contributed by atoms with Crippen molar-refractivity contribution in [3.05, 3.63) is 42.2 Å². The van der Waals surface area contributed by atoms with Gasteiger partial charge in [0.15, 0.2) is 23.7 Å². The van der Waals surface area contributed by atoms with E-state index < -0.39 is 0 Å². The molecule has 3 aromatic rings. The quantitative estimate of drug-likeness (QED) is 0.155. The molecule has 1 aliphatic heterocycles. The van der Waals surface area contributed by atoms with E-state index in [2.05, 4.69) is 48.6 Å². The predicted molar refractivity (Wildman–Crippen MR) is 168 cm³/mol. The summed E-state index contributed by atoms with van der Waals surface area (Å²) in [5.41, 5.74) is 4.80.